The molecule has 0 N–H and O–H groups in total. The number of alkyl halides is 1. The molecule has 0 saturated heterocycles. The molecule has 16 heavy (non-hydrogen) atoms. The molecule has 0 amide bonds. The Kier molecular flexibility index (Phi) is 9.44. The van der Waals surface area contributed by atoms with Crippen LogP contribution in [0.4, 0.5) is 0 Å². The van der Waals surface area contributed by atoms with Crippen LogP contribution >= 0.6 is 11.6 Å². The molecule has 0 aromatic rings. The van der Waals surface area contributed by atoms with E-state index in [-0.39, 0.29) is 6.10 Å². The van der Waals surface area contributed by atoms with Crippen LogP contribution in [0.3, 0.4) is 0 Å². The summed E-state index contributed by atoms with van der Waals surface area (Å²) in [5, 5.41) is 0. The molecular weight excluding hydrogens is 220 g/mol. The van der Waals surface area contributed by atoms with E-state index in [2.05, 4.69) is 20.8 Å². The van der Waals surface area contributed by atoms with E-state index in [9.17, 15) is 0 Å². The van der Waals surface area contributed by atoms with Crippen LogP contribution in [0.15, 0.2) is 0 Å². The highest BCUT2D eigenvalue weighted by molar-refractivity contribution is 6.18. The van der Waals surface area contributed by atoms with Crippen molar-refractivity contribution >= 4 is 11.6 Å². The van der Waals surface area contributed by atoms with Crippen LogP contribution < -0.4 is 0 Å². The number of halogens is 1. The van der Waals surface area contributed by atoms with Gasteiger partial charge < -0.3 is 4.74 Å². The van der Waals surface area contributed by atoms with E-state index in [1.165, 1.54) is 38.5 Å². The van der Waals surface area contributed by atoms with Crippen LogP contribution in [0, 0.1) is 5.41 Å². The van der Waals surface area contributed by atoms with E-state index < -0.39 is 0 Å². The summed E-state index contributed by atoms with van der Waals surface area (Å²) >= 11 is 5.80. The van der Waals surface area contributed by atoms with Gasteiger partial charge in [-0.3, -0.25) is 0 Å². The molecule has 98 valence electrons. The number of rotatable bonds is 10. The second-order valence-corrected chi connectivity index (χ2v) is 5.83. The molecule has 0 aliphatic rings. The Morgan fingerprint density at radius 1 is 1.12 bits per heavy atom. The Labute approximate surface area is 107 Å². The van der Waals surface area contributed by atoms with Crippen molar-refractivity contribution in [3.8, 4) is 0 Å². The van der Waals surface area contributed by atoms with E-state index in [0.29, 0.717) is 11.3 Å². The first-order valence-electron chi connectivity index (χ1n) is 6.64. The Balaban J connectivity index is 3.63. The van der Waals surface area contributed by atoms with Gasteiger partial charge in [0.2, 0.25) is 0 Å². The first-order valence-corrected chi connectivity index (χ1v) is 7.18. The standard InChI is InChI=1S/C14H29ClO/c1-5-6-7-10-14(2,3)11-8-9-13(12-15)16-4/h13H,5-12H2,1-4H3. The van der Waals surface area contributed by atoms with Gasteiger partial charge >= 0.3 is 0 Å². The summed E-state index contributed by atoms with van der Waals surface area (Å²) in [6, 6.07) is 0. The highest BCUT2D eigenvalue weighted by Crippen LogP contribution is 2.30. The minimum atomic E-state index is 0.244. The van der Waals surface area contributed by atoms with Crippen LogP contribution in [0.2, 0.25) is 0 Å². The van der Waals surface area contributed by atoms with Gasteiger partial charge in [-0.15, -0.1) is 11.6 Å². The molecule has 1 unspecified atom stereocenters. The smallest absolute Gasteiger partial charge is 0.0706 e. The predicted molar refractivity (Wildman–Crippen MR) is 73.3 cm³/mol. The van der Waals surface area contributed by atoms with E-state index in [1.807, 2.05) is 0 Å². The number of methoxy groups -OCH3 is 1. The summed E-state index contributed by atoms with van der Waals surface area (Å²) in [5.74, 6) is 0.618. The predicted octanol–water partition coefficient (Wildman–Crippen LogP) is 5.02. The normalized spacial score (nSPS) is 14.1. The fraction of sp³-hybridized carbons (Fsp3) is 1.00. The zero-order valence-corrected chi connectivity index (χ0v) is 12.3. The SMILES string of the molecule is CCCCCC(C)(C)CCCC(CCl)OC. The maximum atomic E-state index is 5.80. The second kappa shape index (κ2) is 9.30. The summed E-state index contributed by atoms with van der Waals surface area (Å²) in [5.41, 5.74) is 0.486. The van der Waals surface area contributed by atoms with Crippen molar-refractivity contribution in [2.45, 2.75) is 71.8 Å². The van der Waals surface area contributed by atoms with Gasteiger partial charge in [-0.05, 0) is 24.7 Å². The third-order valence-electron chi connectivity index (χ3n) is 3.34. The quantitative estimate of drug-likeness (QED) is 0.390. The molecule has 0 aliphatic carbocycles. The van der Waals surface area contributed by atoms with Crippen molar-refractivity contribution in [2.75, 3.05) is 13.0 Å². The minimum Gasteiger partial charge on any atom is -0.380 e. The maximum Gasteiger partial charge on any atom is 0.0706 e. The molecular formula is C14H29ClO. The van der Waals surface area contributed by atoms with Gasteiger partial charge in [0.25, 0.3) is 0 Å². The van der Waals surface area contributed by atoms with Gasteiger partial charge in [0, 0.05) is 13.0 Å². The molecule has 1 atom stereocenters. The second-order valence-electron chi connectivity index (χ2n) is 5.53. The van der Waals surface area contributed by atoms with Crippen LogP contribution in [0.5, 0.6) is 0 Å². The summed E-state index contributed by atoms with van der Waals surface area (Å²) in [6.45, 7) is 7.02. The molecule has 0 aromatic heterocycles. The molecule has 0 bridgehead atoms. The van der Waals surface area contributed by atoms with Crippen molar-refractivity contribution in [1.29, 1.82) is 0 Å². The van der Waals surface area contributed by atoms with E-state index >= 15 is 0 Å². The van der Waals surface area contributed by atoms with Crippen LogP contribution in [-0.2, 0) is 4.74 Å². The van der Waals surface area contributed by atoms with Crippen molar-refractivity contribution in [1.82, 2.24) is 0 Å². The van der Waals surface area contributed by atoms with Gasteiger partial charge in [-0.1, -0.05) is 46.5 Å². The van der Waals surface area contributed by atoms with E-state index in [1.54, 1.807) is 7.11 Å². The third kappa shape index (κ3) is 8.41. The molecule has 0 aliphatic heterocycles. The fourth-order valence-electron chi connectivity index (χ4n) is 2.04. The van der Waals surface area contributed by atoms with Crippen LogP contribution in [-0.4, -0.2) is 19.1 Å². The molecule has 0 aromatic carbocycles. The Hall–Kier alpha value is 0.250. The van der Waals surface area contributed by atoms with Gasteiger partial charge in [0.15, 0.2) is 0 Å². The number of unbranched alkanes of at least 4 members (excludes halogenated alkanes) is 2. The first kappa shape index (κ1) is 16.2. The lowest BCUT2D eigenvalue weighted by Gasteiger charge is -2.25. The highest BCUT2D eigenvalue weighted by Gasteiger charge is 2.17. The summed E-state index contributed by atoms with van der Waals surface area (Å²) in [6.07, 6.45) is 9.24. The maximum absolute atomic E-state index is 5.80. The van der Waals surface area contributed by atoms with Crippen LogP contribution in [0.1, 0.15) is 65.7 Å². The average molecular weight is 249 g/mol. The molecule has 0 fully saturated rings. The summed E-state index contributed by atoms with van der Waals surface area (Å²) < 4.78 is 5.28. The monoisotopic (exact) mass is 248 g/mol. The highest BCUT2D eigenvalue weighted by atomic mass is 35.5. The average Bonchev–Trinajstić information content (AvgIpc) is 2.24. The van der Waals surface area contributed by atoms with Crippen molar-refractivity contribution < 1.29 is 4.74 Å². The molecule has 0 saturated carbocycles. The van der Waals surface area contributed by atoms with Gasteiger partial charge in [-0.2, -0.15) is 0 Å². The summed E-state index contributed by atoms with van der Waals surface area (Å²) in [7, 11) is 1.75. The van der Waals surface area contributed by atoms with Crippen molar-refractivity contribution in [3.05, 3.63) is 0 Å². The van der Waals surface area contributed by atoms with Crippen molar-refractivity contribution in [3.63, 3.8) is 0 Å². The molecule has 0 rings (SSSR count). The topological polar surface area (TPSA) is 9.23 Å². The van der Waals surface area contributed by atoms with E-state index in [0.717, 1.165) is 6.42 Å². The number of hydrogen-bond acceptors (Lipinski definition) is 1. The van der Waals surface area contributed by atoms with Crippen LogP contribution in [0.25, 0.3) is 0 Å². The first-order chi connectivity index (χ1) is 7.55. The zero-order valence-electron chi connectivity index (χ0n) is 11.5. The lowest BCUT2D eigenvalue weighted by molar-refractivity contribution is 0.107. The zero-order chi connectivity index (χ0) is 12.4. The molecule has 2 heteroatoms. The van der Waals surface area contributed by atoms with Gasteiger partial charge in [0.1, 0.15) is 0 Å². The Morgan fingerprint density at radius 3 is 2.25 bits per heavy atom. The van der Waals surface area contributed by atoms with Gasteiger partial charge in [-0.25, -0.2) is 0 Å². The largest absolute Gasteiger partial charge is 0.380 e. The third-order valence-corrected chi connectivity index (χ3v) is 3.69. The fourth-order valence-corrected chi connectivity index (χ4v) is 2.33. The molecule has 0 radical (unpaired) electrons. The summed E-state index contributed by atoms with van der Waals surface area (Å²) in [4.78, 5) is 0. The minimum absolute atomic E-state index is 0.244. The number of ether oxygens (including phenoxy) is 1. The van der Waals surface area contributed by atoms with Crippen molar-refractivity contribution in [2.24, 2.45) is 5.41 Å². The van der Waals surface area contributed by atoms with E-state index in [4.69, 9.17) is 16.3 Å². The number of hydrogen-bond donors (Lipinski definition) is 0. The molecule has 0 heterocycles. The molecule has 1 nitrogen and oxygen atoms in total. The molecule has 0 spiro atoms. The Bertz CT molecular complexity index is 153. The van der Waals surface area contributed by atoms with Gasteiger partial charge in [0.05, 0.1) is 6.10 Å². The Morgan fingerprint density at radius 2 is 1.75 bits per heavy atom. The lowest BCUT2D eigenvalue weighted by atomic mass is 9.82. The lowest BCUT2D eigenvalue weighted by Crippen LogP contribution is -2.15.